The molecule has 0 aliphatic heterocycles. The van der Waals surface area contributed by atoms with Crippen LogP contribution in [0.3, 0.4) is 0 Å². The second-order valence-corrected chi connectivity index (χ2v) is 4.79. The third-order valence-corrected chi connectivity index (χ3v) is 3.48. The summed E-state index contributed by atoms with van der Waals surface area (Å²) in [6, 6.07) is -0.112. The summed E-state index contributed by atoms with van der Waals surface area (Å²) in [5.41, 5.74) is 11.5. The zero-order valence-corrected chi connectivity index (χ0v) is 10.2. The van der Waals surface area contributed by atoms with Crippen LogP contribution < -0.4 is 16.8 Å². The van der Waals surface area contributed by atoms with Crippen LogP contribution >= 0.6 is 0 Å². The number of nitrogens with two attached hydrogens (primary N) is 2. The largest absolute Gasteiger partial charge is 0.352 e. The fraction of sp³-hybridized carbons (Fsp3) is 0.917. The van der Waals surface area contributed by atoms with Crippen LogP contribution in [0.4, 0.5) is 0 Å². The first-order valence-electron chi connectivity index (χ1n) is 6.45. The molecule has 0 aromatic heterocycles. The molecule has 1 amide bonds. The lowest BCUT2D eigenvalue weighted by molar-refractivity contribution is -0.123. The van der Waals surface area contributed by atoms with E-state index in [-0.39, 0.29) is 18.0 Å². The van der Waals surface area contributed by atoms with Gasteiger partial charge in [0.2, 0.25) is 5.91 Å². The standard InChI is InChI=1S/C12H25N3O/c1-2-5-10(14)12(16)15-11-7-4-3-6-9(11)8-13/h9-11H,2-8,13-14H2,1H3,(H,15,16). The number of hydrogen-bond acceptors (Lipinski definition) is 3. The summed E-state index contributed by atoms with van der Waals surface area (Å²) >= 11 is 0. The van der Waals surface area contributed by atoms with Crippen LogP contribution in [-0.2, 0) is 4.79 Å². The maximum Gasteiger partial charge on any atom is 0.237 e. The van der Waals surface area contributed by atoms with Gasteiger partial charge in [-0.3, -0.25) is 4.79 Å². The van der Waals surface area contributed by atoms with Crippen molar-refractivity contribution in [1.82, 2.24) is 5.32 Å². The van der Waals surface area contributed by atoms with Crippen LogP contribution in [0.5, 0.6) is 0 Å². The molecule has 0 bridgehead atoms. The summed E-state index contributed by atoms with van der Waals surface area (Å²) in [4.78, 5) is 11.8. The summed E-state index contributed by atoms with van der Waals surface area (Å²) in [6.45, 7) is 2.70. The zero-order valence-electron chi connectivity index (χ0n) is 10.2. The van der Waals surface area contributed by atoms with Gasteiger partial charge in [0.15, 0.2) is 0 Å². The lowest BCUT2D eigenvalue weighted by atomic mass is 9.84. The summed E-state index contributed by atoms with van der Waals surface area (Å²) in [6.07, 6.45) is 6.29. The average Bonchev–Trinajstić information content (AvgIpc) is 2.30. The van der Waals surface area contributed by atoms with Crippen LogP contribution in [0.15, 0.2) is 0 Å². The molecule has 0 aromatic carbocycles. The maximum absolute atomic E-state index is 11.8. The van der Waals surface area contributed by atoms with E-state index in [0.717, 1.165) is 25.7 Å². The van der Waals surface area contributed by atoms with E-state index in [1.165, 1.54) is 12.8 Å². The molecule has 3 unspecified atom stereocenters. The van der Waals surface area contributed by atoms with Gasteiger partial charge in [0.25, 0.3) is 0 Å². The minimum atomic E-state index is -0.356. The van der Waals surface area contributed by atoms with Gasteiger partial charge in [0, 0.05) is 6.04 Å². The van der Waals surface area contributed by atoms with Crippen LogP contribution in [0.25, 0.3) is 0 Å². The Morgan fingerprint density at radius 3 is 2.75 bits per heavy atom. The van der Waals surface area contributed by atoms with E-state index < -0.39 is 0 Å². The highest BCUT2D eigenvalue weighted by atomic mass is 16.2. The van der Waals surface area contributed by atoms with Gasteiger partial charge < -0.3 is 16.8 Å². The molecule has 5 N–H and O–H groups in total. The quantitative estimate of drug-likeness (QED) is 0.648. The van der Waals surface area contributed by atoms with Crippen LogP contribution in [0.1, 0.15) is 45.4 Å². The highest BCUT2D eigenvalue weighted by molar-refractivity contribution is 5.81. The van der Waals surface area contributed by atoms with Gasteiger partial charge in [-0.2, -0.15) is 0 Å². The number of carbonyl (C=O) groups excluding carboxylic acids is 1. The van der Waals surface area contributed by atoms with Gasteiger partial charge in [-0.25, -0.2) is 0 Å². The van der Waals surface area contributed by atoms with E-state index in [2.05, 4.69) is 5.32 Å². The van der Waals surface area contributed by atoms with Crippen molar-refractivity contribution >= 4 is 5.91 Å². The molecule has 16 heavy (non-hydrogen) atoms. The van der Waals surface area contributed by atoms with Crippen molar-refractivity contribution in [3.05, 3.63) is 0 Å². The molecule has 1 saturated carbocycles. The monoisotopic (exact) mass is 227 g/mol. The second kappa shape index (κ2) is 6.86. The Morgan fingerprint density at radius 1 is 1.44 bits per heavy atom. The van der Waals surface area contributed by atoms with E-state index in [1.807, 2.05) is 6.92 Å². The molecular formula is C12H25N3O. The Balaban J connectivity index is 2.41. The number of hydrogen-bond donors (Lipinski definition) is 3. The Bertz CT molecular complexity index is 220. The normalized spacial score (nSPS) is 27.4. The SMILES string of the molecule is CCCC(N)C(=O)NC1CCCCC1CN. The Hall–Kier alpha value is -0.610. The third-order valence-electron chi connectivity index (χ3n) is 3.48. The summed E-state index contributed by atoms with van der Waals surface area (Å²) in [7, 11) is 0. The summed E-state index contributed by atoms with van der Waals surface area (Å²) < 4.78 is 0. The van der Waals surface area contributed by atoms with Crippen molar-refractivity contribution in [2.24, 2.45) is 17.4 Å². The van der Waals surface area contributed by atoms with E-state index in [1.54, 1.807) is 0 Å². The number of nitrogens with one attached hydrogen (secondary N) is 1. The summed E-state index contributed by atoms with van der Waals surface area (Å²) in [5.74, 6) is 0.429. The lowest BCUT2D eigenvalue weighted by Gasteiger charge is -2.32. The molecule has 4 heteroatoms. The topological polar surface area (TPSA) is 81.1 Å². The van der Waals surface area contributed by atoms with Gasteiger partial charge in [-0.1, -0.05) is 26.2 Å². The molecule has 0 aromatic rings. The average molecular weight is 227 g/mol. The maximum atomic E-state index is 11.8. The zero-order chi connectivity index (χ0) is 12.0. The molecule has 1 fully saturated rings. The van der Waals surface area contributed by atoms with Crippen LogP contribution in [0, 0.1) is 5.92 Å². The molecule has 0 spiro atoms. The Morgan fingerprint density at radius 2 is 2.12 bits per heavy atom. The molecule has 3 atom stereocenters. The van der Waals surface area contributed by atoms with Crippen molar-refractivity contribution in [2.75, 3.05) is 6.54 Å². The van der Waals surface area contributed by atoms with E-state index >= 15 is 0 Å². The first-order valence-corrected chi connectivity index (χ1v) is 6.45. The predicted octanol–water partition coefficient (Wildman–Crippen LogP) is 0.748. The smallest absolute Gasteiger partial charge is 0.237 e. The van der Waals surface area contributed by atoms with Gasteiger partial charge in [-0.05, 0) is 31.7 Å². The second-order valence-electron chi connectivity index (χ2n) is 4.79. The lowest BCUT2D eigenvalue weighted by Crippen LogP contribution is -2.50. The van der Waals surface area contributed by atoms with Gasteiger partial charge in [0.1, 0.15) is 0 Å². The summed E-state index contributed by atoms with van der Waals surface area (Å²) in [5, 5.41) is 3.06. The van der Waals surface area contributed by atoms with Crippen LogP contribution in [-0.4, -0.2) is 24.5 Å². The van der Waals surface area contributed by atoms with Gasteiger partial charge >= 0.3 is 0 Å². The molecular weight excluding hydrogens is 202 g/mol. The first kappa shape index (κ1) is 13.5. The van der Waals surface area contributed by atoms with Gasteiger partial charge in [-0.15, -0.1) is 0 Å². The fourth-order valence-electron chi connectivity index (χ4n) is 2.41. The van der Waals surface area contributed by atoms with Crippen molar-refractivity contribution in [2.45, 2.75) is 57.5 Å². The van der Waals surface area contributed by atoms with Gasteiger partial charge in [0.05, 0.1) is 6.04 Å². The Labute approximate surface area is 98.1 Å². The third kappa shape index (κ3) is 3.76. The van der Waals surface area contributed by atoms with Crippen molar-refractivity contribution in [1.29, 1.82) is 0 Å². The number of carbonyl (C=O) groups is 1. The van der Waals surface area contributed by atoms with E-state index in [4.69, 9.17) is 11.5 Å². The predicted molar refractivity (Wildman–Crippen MR) is 65.8 cm³/mol. The molecule has 1 aliphatic rings. The minimum Gasteiger partial charge on any atom is -0.352 e. The first-order chi connectivity index (χ1) is 7.69. The number of amides is 1. The van der Waals surface area contributed by atoms with Crippen molar-refractivity contribution < 1.29 is 4.79 Å². The van der Waals surface area contributed by atoms with E-state index in [9.17, 15) is 4.79 Å². The van der Waals surface area contributed by atoms with Crippen LogP contribution in [0.2, 0.25) is 0 Å². The highest BCUT2D eigenvalue weighted by Gasteiger charge is 2.26. The van der Waals surface area contributed by atoms with Crippen molar-refractivity contribution in [3.63, 3.8) is 0 Å². The molecule has 0 saturated heterocycles. The molecule has 1 rings (SSSR count). The van der Waals surface area contributed by atoms with Crippen molar-refractivity contribution in [3.8, 4) is 0 Å². The Kier molecular flexibility index (Phi) is 5.77. The van der Waals surface area contributed by atoms with E-state index in [0.29, 0.717) is 12.5 Å². The molecule has 0 heterocycles. The highest BCUT2D eigenvalue weighted by Crippen LogP contribution is 2.23. The number of rotatable bonds is 5. The molecule has 4 nitrogen and oxygen atoms in total. The molecule has 94 valence electrons. The molecule has 0 radical (unpaired) electrons. The minimum absolute atomic E-state index is 0.00722. The fourth-order valence-corrected chi connectivity index (χ4v) is 2.41. The molecule has 1 aliphatic carbocycles.